The van der Waals surface area contributed by atoms with Gasteiger partial charge in [-0.25, -0.2) is 4.79 Å². The van der Waals surface area contributed by atoms with E-state index >= 15 is 0 Å². The van der Waals surface area contributed by atoms with E-state index in [2.05, 4.69) is 10.2 Å². The van der Waals surface area contributed by atoms with Gasteiger partial charge < -0.3 is 4.74 Å². The van der Waals surface area contributed by atoms with Crippen LogP contribution in [0.25, 0.3) is 0 Å². The Balaban J connectivity index is 1.57. The summed E-state index contributed by atoms with van der Waals surface area (Å²) < 4.78 is 5.58. The number of hydrogen-bond acceptors (Lipinski definition) is 3. The van der Waals surface area contributed by atoms with Crippen LogP contribution in [0.3, 0.4) is 0 Å². The van der Waals surface area contributed by atoms with Crippen molar-refractivity contribution in [2.75, 3.05) is 25.0 Å². The lowest BCUT2D eigenvalue weighted by molar-refractivity contribution is -0.0289. The lowest BCUT2D eigenvalue weighted by Crippen LogP contribution is -2.52. The summed E-state index contributed by atoms with van der Waals surface area (Å²) in [4.78, 5) is 14.3. The summed E-state index contributed by atoms with van der Waals surface area (Å²) in [5.74, 6) is 0.549. The first-order chi connectivity index (χ1) is 9.20. The molecule has 0 aliphatic carbocycles. The Kier molecular flexibility index (Phi) is 3.42. The highest BCUT2D eigenvalue weighted by atomic mass is 16.6. The van der Waals surface area contributed by atoms with Gasteiger partial charge in [-0.05, 0) is 56.5 Å². The van der Waals surface area contributed by atoms with Crippen molar-refractivity contribution in [3.8, 4) is 0 Å². The second kappa shape index (κ2) is 5.21. The largest absolute Gasteiger partial charge is 0.444 e. The molecule has 19 heavy (non-hydrogen) atoms. The number of nitrogens with zero attached hydrogens (tertiary/aromatic N) is 1. The van der Waals surface area contributed by atoms with Crippen molar-refractivity contribution in [2.24, 2.45) is 5.92 Å². The van der Waals surface area contributed by atoms with Gasteiger partial charge in [0.05, 0.1) is 0 Å². The molecule has 3 saturated heterocycles. The number of ether oxygens (including phenoxy) is 1. The first-order valence-electron chi connectivity index (χ1n) is 6.97. The van der Waals surface area contributed by atoms with E-state index in [4.69, 9.17) is 4.74 Å². The third-order valence-electron chi connectivity index (χ3n) is 4.12. The van der Waals surface area contributed by atoms with Crippen LogP contribution in [-0.4, -0.2) is 36.7 Å². The Bertz CT molecular complexity index is 467. The van der Waals surface area contributed by atoms with Gasteiger partial charge in [0, 0.05) is 12.2 Å². The summed E-state index contributed by atoms with van der Waals surface area (Å²) in [7, 11) is 0. The van der Waals surface area contributed by atoms with Gasteiger partial charge in [-0.2, -0.15) is 0 Å². The van der Waals surface area contributed by atoms with Crippen molar-refractivity contribution >= 4 is 11.8 Å². The van der Waals surface area contributed by atoms with E-state index in [-0.39, 0.29) is 12.2 Å². The highest BCUT2D eigenvalue weighted by Crippen LogP contribution is 2.29. The minimum absolute atomic E-state index is 0.0623. The monoisotopic (exact) mass is 260 g/mol. The summed E-state index contributed by atoms with van der Waals surface area (Å²) in [6.07, 6.45) is 2.04. The van der Waals surface area contributed by atoms with Gasteiger partial charge >= 0.3 is 6.09 Å². The Labute approximate surface area is 113 Å². The molecule has 1 aromatic carbocycles. The van der Waals surface area contributed by atoms with Crippen molar-refractivity contribution in [3.05, 3.63) is 29.8 Å². The molecule has 0 spiro atoms. The zero-order valence-electron chi connectivity index (χ0n) is 11.3. The van der Waals surface area contributed by atoms with E-state index in [0.29, 0.717) is 5.92 Å². The van der Waals surface area contributed by atoms with Crippen molar-refractivity contribution < 1.29 is 9.53 Å². The minimum Gasteiger partial charge on any atom is -0.444 e. The molecule has 1 N–H and O–H groups in total. The number of nitrogens with one attached hydrogen (secondary N) is 1. The van der Waals surface area contributed by atoms with Crippen LogP contribution in [0.5, 0.6) is 0 Å². The number of anilines is 1. The molecule has 102 valence electrons. The number of benzene rings is 1. The second-order valence-corrected chi connectivity index (χ2v) is 5.58. The fraction of sp³-hybridized carbons (Fsp3) is 0.533. The predicted octanol–water partition coefficient (Wildman–Crippen LogP) is 2.64. The molecule has 1 amide bonds. The van der Waals surface area contributed by atoms with Crippen LogP contribution in [0.2, 0.25) is 0 Å². The van der Waals surface area contributed by atoms with Gasteiger partial charge in [-0.15, -0.1) is 0 Å². The average Bonchev–Trinajstić information content (AvgIpc) is 2.40. The fourth-order valence-electron chi connectivity index (χ4n) is 3.05. The van der Waals surface area contributed by atoms with Crippen molar-refractivity contribution in [3.63, 3.8) is 0 Å². The van der Waals surface area contributed by atoms with Gasteiger partial charge in [0.15, 0.2) is 0 Å². The van der Waals surface area contributed by atoms with E-state index in [0.717, 1.165) is 43.7 Å². The molecule has 3 aliphatic rings. The maximum atomic E-state index is 11.9. The average molecular weight is 260 g/mol. The number of aryl methyl sites for hydroxylation is 1. The summed E-state index contributed by atoms with van der Waals surface area (Å²) in [6, 6.07) is 7.76. The van der Waals surface area contributed by atoms with Crippen LogP contribution < -0.4 is 5.32 Å². The van der Waals surface area contributed by atoms with Crippen LogP contribution in [-0.2, 0) is 4.74 Å². The van der Waals surface area contributed by atoms with Crippen LogP contribution in [0.15, 0.2) is 24.3 Å². The Hall–Kier alpha value is -1.55. The molecule has 0 saturated carbocycles. The van der Waals surface area contributed by atoms with Gasteiger partial charge in [-0.1, -0.05) is 12.1 Å². The quantitative estimate of drug-likeness (QED) is 0.888. The molecule has 4 heteroatoms. The number of piperidine rings is 3. The number of amides is 1. The first kappa shape index (κ1) is 12.5. The molecule has 0 unspecified atom stereocenters. The smallest absolute Gasteiger partial charge is 0.411 e. The third-order valence-corrected chi connectivity index (χ3v) is 4.12. The van der Waals surface area contributed by atoms with Crippen LogP contribution in [0, 0.1) is 12.8 Å². The molecule has 1 atom stereocenters. The normalized spacial score (nSPS) is 29.0. The number of fused-ring (bicyclic) bond motifs is 3. The molecule has 4 nitrogen and oxygen atoms in total. The van der Waals surface area contributed by atoms with E-state index in [9.17, 15) is 4.79 Å². The first-order valence-corrected chi connectivity index (χ1v) is 6.97. The molecule has 4 rings (SSSR count). The topological polar surface area (TPSA) is 41.6 Å². The van der Waals surface area contributed by atoms with Crippen LogP contribution in [0.1, 0.15) is 18.4 Å². The van der Waals surface area contributed by atoms with Crippen LogP contribution in [0.4, 0.5) is 10.5 Å². The molecular formula is C15H20N2O2. The van der Waals surface area contributed by atoms with Crippen molar-refractivity contribution in [1.29, 1.82) is 0 Å². The summed E-state index contributed by atoms with van der Waals surface area (Å²) >= 11 is 0. The van der Waals surface area contributed by atoms with Crippen LogP contribution >= 0.6 is 0 Å². The Morgan fingerprint density at radius 3 is 2.79 bits per heavy atom. The minimum atomic E-state index is -0.329. The lowest BCUT2D eigenvalue weighted by Gasteiger charge is -2.43. The number of hydrogen-bond donors (Lipinski definition) is 1. The lowest BCUT2D eigenvalue weighted by atomic mass is 9.86. The highest BCUT2D eigenvalue weighted by Gasteiger charge is 2.36. The van der Waals surface area contributed by atoms with Gasteiger partial charge in [0.1, 0.15) is 6.10 Å². The maximum absolute atomic E-state index is 11.9. The van der Waals surface area contributed by atoms with E-state index in [1.165, 1.54) is 0 Å². The zero-order chi connectivity index (χ0) is 13.2. The predicted molar refractivity (Wildman–Crippen MR) is 74.2 cm³/mol. The Morgan fingerprint density at radius 1 is 1.37 bits per heavy atom. The molecule has 3 aliphatic heterocycles. The van der Waals surface area contributed by atoms with Gasteiger partial charge in [0.25, 0.3) is 0 Å². The van der Waals surface area contributed by atoms with Crippen molar-refractivity contribution in [2.45, 2.75) is 25.9 Å². The highest BCUT2D eigenvalue weighted by molar-refractivity contribution is 5.84. The summed E-state index contributed by atoms with van der Waals surface area (Å²) in [6.45, 7) is 5.21. The molecule has 1 aromatic rings. The zero-order valence-corrected chi connectivity index (χ0v) is 11.3. The standard InChI is InChI=1S/C15H20N2O2/c1-11-3-2-4-13(9-11)16-15(18)19-14-10-17-7-5-12(14)6-8-17/h2-4,9,12,14H,5-8,10H2,1H3,(H,16,18)/t14-/m0/s1. The molecule has 3 fully saturated rings. The molecule has 3 heterocycles. The van der Waals surface area contributed by atoms with Crippen molar-refractivity contribution in [1.82, 2.24) is 4.90 Å². The van der Waals surface area contributed by atoms with E-state index in [1.54, 1.807) is 0 Å². The summed E-state index contributed by atoms with van der Waals surface area (Å²) in [5, 5.41) is 2.81. The molecule has 2 bridgehead atoms. The van der Waals surface area contributed by atoms with Gasteiger partial charge in [-0.3, -0.25) is 10.2 Å². The van der Waals surface area contributed by atoms with E-state index in [1.807, 2.05) is 31.2 Å². The molecular weight excluding hydrogens is 240 g/mol. The Morgan fingerprint density at radius 2 is 2.16 bits per heavy atom. The number of rotatable bonds is 2. The van der Waals surface area contributed by atoms with E-state index < -0.39 is 0 Å². The fourth-order valence-corrected chi connectivity index (χ4v) is 3.05. The molecule has 0 radical (unpaired) electrons. The third kappa shape index (κ3) is 2.89. The summed E-state index contributed by atoms with van der Waals surface area (Å²) in [5.41, 5.74) is 1.92. The van der Waals surface area contributed by atoms with Gasteiger partial charge in [0.2, 0.25) is 0 Å². The number of carbonyl (C=O) groups is 1. The number of carbonyl (C=O) groups excluding carboxylic acids is 1. The molecule has 0 aromatic heterocycles. The second-order valence-electron chi connectivity index (χ2n) is 5.58. The maximum Gasteiger partial charge on any atom is 0.411 e. The SMILES string of the molecule is Cc1cccc(NC(=O)O[C@H]2CN3CCC2CC3)c1.